The van der Waals surface area contributed by atoms with Crippen molar-refractivity contribution in [3.8, 4) is 0 Å². The molecule has 6 heteroatoms. The number of aliphatic hydroxyl groups excluding tert-OH is 2. The first-order valence-corrected chi connectivity index (χ1v) is 5.66. The van der Waals surface area contributed by atoms with Gasteiger partial charge in [-0.15, -0.1) is 0 Å². The first-order valence-electron chi connectivity index (χ1n) is 5.66. The van der Waals surface area contributed by atoms with Gasteiger partial charge >= 0.3 is 11.9 Å². The van der Waals surface area contributed by atoms with Crippen LogP contribution in [0, 0.1) is 6.92 Å². The summed E-state index contributed by atoms with van der Waals surface area (Å²) in [5, 5.41) is 33.8. The van der Waals surface area contributed by atoms with E-state index in [4.69, 9.17) is 20.4 Å². The fourth-order valence-corrected chi connectivity index (χ4v) is 1.29. The van der Waals surface area contributed by atoms with Gasteiger partial charge in [0, 0.05) is 6.61 Å². The average molecular weight is 270 g/mol. The van der Waals surface area contributed by atoms with Crippen LogP contribution >= 0.6 is 0 Å². The van der Waals surface area contributed by atoms with Gasteiger partial charge in [-0.1, -0.05) is 6.07 Å². The van der Waals surface area contributed by atoms with Crippen molar-refractivity contribution < 1.29 is 30.0 Å². The van der Waals surface area contributed by atoms with Gasteiger partial charge in [0.25, 0.3) is 0 Å². The molecule has 6 nitrogen and oxygen atoms in total. The Labute approximate surface area is 110 Å². The van der Waals surface area contributed by atoms with Crippen LogP contribution in [-0.4, -0.2) is 45.1 Å². The van der Waals surface area contributed by atoms with Crippen molar-refractivity contribution in [2.24, 2.45) is 0 Å². The van der Waals surface area contributed by atoms with E-state index >= 15 is 0 Å². The SMILES string of the molecule is CC(O)CCO.Cc1c(C(=O)O)cccc1C(=O)O. The molecule has 0 radical (unpaired) electrons. The number of aromatic carboxylic acids is 2. The second-order valence-corrected chi connectivity index (χ2v) is 3.95. The van der Waals surface area contributed by atoms with Crippen molar-refractivity contribution in [3.05, 3.63) is 34.9 Å². The molecule has 1 aromatic rings. The number of carbonyl (C=O) groups is 2. The van der Waals surface area contributed by atoms with Crippen LogP contribution in [-0.2, 0) is 0 Å². The number of carboxylic acid groups (broad SMARTS) is 2. The lowest BCUT2D eigenvalue weighted by atomic mass is 10.0. The van der Waals surface area contributed by atoms with E-state index < -0.39 is 11.9 Å². The van der Waals surface area contributed by atoms with Gasteiger partial charge in [-0.05, 0) is 38.0 Å². The summed E-state index contributed by atoms with van der Waals surface area (Å²) in [5.41, 5.74) is 0.335. The van der Waals surface area contributed by atoms with E-state index in [9.17, 15) is 9.59 Å². The minimum absolute atomic E-state index is 0.0277. The lowest BCUT2D eigenvalue weighted by Crippen LogP contribution is -2.06. The summed E-state index contributed by atoms with van der Waals surface area (Å²) < 4.78 is 0. The average Bonchev–Trinajstić information content (AvgIpc) is 2.28. The minimum Gasteiger partial charge on any atom is -0.478 e. The Kier molecular flexibility index (Phi) is 7.40. The van der Waals surface area contributed by atoms with Gasteiger partial charge in [-0.2, -0.15) is 0 Å². The Bertz CT molecular complexity index is 407. The van der Waals surface area contributed by atoms with Crippen molar-refractivity contribution in [2.45, 2.75) is 26.4 Å². The van der Waals surface area contributed by atoms with Crippen LogP contribution in [0.2, 0.25) is 0 Å². The summed E-state index contributed by atoms with van der Waals surface area (Å²) >= 11 is 0. The molecular formula is C13H18O6. The Hall–Kier alpha value is -1.92. The fourth-order valence-electron chi connectivity index (χ4n) is 1.29. The van der Waals surface area contributed by atoms with E-state index in [0.29, 0.717) is 6.42 Å². The summed E-state index contributed by atoms with van der Waals surface area (Å²) in [6, 6.07) is 4.17. The zero-order valence-corrected chi connectivity index (χ0v) is 10.8. The molecule has 4 N–H and O–H groups in total. The van der Waals surface area contributed by atoms with E-state index in [1.54, 1.807) is 6.92 Å². The highest BCUT2D eigenvalue weighted by atomic mass is 16.4. The minimum atomic E-state index is -1.11. The topological polar surface area (TPSA) is 115 Å². The maximum Gasteiger partial charge on any atom is 0.335 e. The van der Waals surface area contributed by atoms with Crippen LogP contribution in [0.1, 0.15) is 39.6 Å². The standard InChI is InChI=1S/C9H8O4.C4H10O2/c1-5-6(8(10)11)3-2-4-7(5)9(12)13;1-4(6)2-3-5/h2-4H,1H3,(H,10,11)(H,12,13);4-6H,2-3H2,1H3. The van der Waals surface area contributed by atoms with Crippen LogP contribution < -0.4 is 0 Å². The third-order valence-corrected chi connectivity index (χ3v) is 2.34. The molecular weight excluding hydrogens is 252 g/mol. The van der Waals surface area contributed by atoms with Gasteiger partial charge in [0.15, 0.2) is 0 Å². The van der Waals surface area contributed by atoms with E-state index in [-0.39, 0.29) is 29.4 Å². The van der Waals surface area contributed by atoms with Crippen molar-refractivity contribution in [1.29, 1.82) is 0 Å². The molecule has 0 bridgehead atoms. The van der Waals surface area contributed by atoms with Crippen LogP contribution in [0.4, 0.5) is 0 Å². The normalized spacial score (nSPS) is 11.2. The van der Waals surface area contributed by atoms with E-state index in [1.807, 2.05) is 0 Å². The second-order valence-electron chi connectivity index (χ2n) is 3.95. The van der Waals surface area contributed by atoms with Crippen molar-refractivity contribution in [3.63, 3.8) is 0 Å². The smallest absolute Gasteiger partial charge is 0.335 e. The van der Waals surface area contributed by atoms with Gasteiger partial charge in [-0.3, -0.25) is 0 Å². The van der Waals surface area contributed by atoms with Gasteiger partial charge in [0.05, 0.1) is 17.2 Å². The molecule has 0 heterocycles. The van der Waals surface area contributed by atoms with Crippen molar-refractivity contribution in [2.75, 3.05) is 6.61 Å². The van der Waals surface area contributed by atoms with Gasteiger partial charge in [0.1, 0.15) is 0 Å². The highest BCUT2D eigenvalue weighted by molar-refractivity contribution is 5.96. The molecule has 1 aromatic carbocycles. The molecule has 1 atom stereocenters. The highest BCUT2D eigenvalue weighted by Crippen LogP contribution is 2.13. The quantitative estimate of drug-likeness (QED) is 0.652. The van der Waals surface area contributed by atoms with Crippen LogP contribution in [0.3, 0.4) is 0 Å². The maximum absolute atomic E-state index is 10.6. The molecule has 0 fully saturated rings. The number of rotatable bonds is 4. The number of carboxylic acids is 2. The summed E-state index contributed by atoms with van der Waals surface area (Å²) in [7, 11) is 0. The third-order valence-electron chi connectivity index (χ3n) is 2.34. The maximum atomic E-state index is 10.6. The Morgan fingerprint density at radius 3 is 1.79 bits per heavy atom. The Morgan fingerprint density at radius 2 is 1.58 bits per heavy atom. The van der Waals surface area contributed by atoms with Crippen LogP contribution in [0.25, 0.3) is 0 Å². The Balaban J connectivity index is 0.000000459. The number of hydrogen-bond acceptors (Lipinski definition) is 4. The lowest BCUT2D eigenvalue weighted by Gasteiger charge is -2.03. The van der Waals surface area contributed by atoms with E-state index in [0.717, 1.165) is 0 Å². The summed E-state index contributed by atoms with van der Waals surface area (Å²) in [6.45, 7) is 3.21. The zero-order valence-electron chi connectivity index (χ0n) is 10.8. The molecule has 0 saturated carbocycles. The predicted octanol–water partition coefficient (Wildman–Crippen LogP) is 1.14. The lowest BCUT2D eigenvalue weighted by molar-refractivity contribution is 0.0696. The largest absolute Gasteiger partial charge is 0.478 e. The first kappa shape index (κ1) is 17.1. The molecule has 1 rings (SSSR count). The molecule has 0 spiro atoms. The molecule has 0 aliphatic carbocycles. The number of aliphatic hydroxyl groups is 2. The van der Waals surface area contributed by atoms with Crippen molar-refractivity contribution >= 4 is 11.9 Å². The molecule has 0 aliphatic heterocycles. The predicted molar refractivity (Wildman–Crippen MR) is 68.5 cm³/mol. The molecule has 0 aliphatic rings. The number of hydrogen-bond donors (Lipinski definition) is 4. The Morgan fingerprint density at radius 1 is 1.16 bits per heavy atom. The molecule has 1 unspecified atom stereocenters. The summed E-state index contributed by atoms with van der Waals surface area (Å²) in [4.78, 5) is 21.2. The van der Waals surface area contributed by atoms with Crippen LogP contribution in [0.5, 0.6) is 0 Å². The summed E-state index contributed by atoms with van der Waals surface area (Å²) in [6.07, 6.45) is 0.134. The molecule has 0 aromatic heterocycles. The fraction of sp³-hybridized carbons (Fsp3) is 0.385. The molecule has 106 valence electrons. The zero-order chi connectivity index (χ0) is 15.0. The van der Waals surface area contributed by atoms with E-state index in [1.165, 1.54) is 25.1 Å². The van der Waals surface area contributed by atoms with Crippen LogP contribution in [0.15, 0.2) is 18.2 Å². The van der Waals surface area contributed by atoms with Gasteiger partial charge in [-0.25, -0.2) is 9.59 Å². The highest BCUT2D eigenvalue weighted by Gasteiger charge is 2.13. The first-order chi connectivity index (χ1) is 8.81. The second kappa shape index (κ2) is 8.23. The molecule has 0 amide bonds. The third kappa shape index (κ3) is 5.98. The van der Waals surface area contributed by atoms with Gasteiger partial charge < -0.3 is 20.4 Å². The summed E-state index contributed by atoms with van der Waals surface area (Å²) in [5.74, 6) is -2.22. The number of benzene rings is 1. The monoisotopic (exact) mass is 270 g/mol. The van der Waals surface area contributed by atoms with Crippen molar-refractivity contribution in [1.82, 2.24) is 0 Å². The van der Waals surface area contributed by atoms with E-state index in [2.05, 4.69) is 0 Å². The molecule has 0 saturated heterocycles. The molecule has 19 heavy (non-hydrogen) atoms. The van der Waals surface area contributed by atoms with Gasteiger partial charge in [0.2, 0.25) is 0 Å².